The van der Waals surface area contributed by atoms with Gasteiger partial charge in [0.25, 0.3) is 0 Å². The maximum atomic E-state index is 3.62. The van der Waals surface area contributed by atoms with Crippen LogP contribution in [0, 0.1) is 17.3 Å². The van der Waals surface area contributed by atoms with Crippen LogP contribution in [0.1, 0.15) is 59.3 Å². The van der Waals surface area contributed by atoms with Gasteiger partial charge >= 0.3 is 0 Å². The van der Waals surface area contributed by atoms with Crippen LogP contribution in [0.5, 0.6) is 0 Å². The molecule has 0 aromatic carbocycles. The molecule has 1 N–H and O–H groups in total. The monoisotopic (exact) mass is 266 g/mol. The van der Waals surface area contributed by atoms with Gasteiger partial charge in [0.1, 0.15) is 0 Å². The summed E-state index contributed by atoms with van der Waals surface area (Å²) >= 11 is 0. The summed E-state index contributed by atoms with van der Waals surface area (Å²) in [5, 5.41) is 3.62. The zero-order chi connectivity index (χ0) is 13.7. The molecule has 112 valence electrons. The number of hydrogen-bond donors (Lipinski definition) is 1. The van der Waals surface area contributed by atoms with Crippen LogP contribution < -0.4 is 5.32 Å². The van der Waals surface area contributed by atoms with E-state index in [9.17, 15) is 0 Å². The van der Waals surface area contributed by atoms with Crippen LogP contribution in [0.15, 0.2) is 0 Å². The van der Waals surface area contributed by atoms with Crippen molar-refractivity contribution >= 4 is 0 Å². The van der Waals surface area contributed by atoms with Gasteiger partial charge in [0.2, 0.25) is 0 Å². The normalized spacial score (nSPS) is 29.2. The van der Waals surface area contributed by atoms with Gasteiger partial charge in [0, 0.05) is 19.6 Å². The standard InChI is InChI=1S/C17H34N2/c1-17(2,3)9-10-18-11-13-19-12-8-15-6-4-5-7-16(15)14-19/h15-16,18H,4-14H2,1-3H3. The largest absolute Gasteiger partial charge is 0.315 e. The molecule has 1 saturated heterocycles. The Morgan fingerprint density at radius 2 is 1.74 bits per heavy atom. The maximum absolute atomic E-state index is 3.62. The molecule has 2 rings (SSSR count). The topological polar surface area (TPSA) is 15.3 Å². The average molecular weight is 266 g/mol. The maximum Gasteiger partial charge on any atom is 0.0107 e. The Kier molecular flexibility index (Phi) is 5.70. The Balaban J connectivity index is 1.57. The third-order valence-electron chi connectivity index (χ3n) is 5.03. The van der Waals surface area contributed by atoms with Crippen LogP contribution in [0.25, 0.3) is 0 Å². The molecule has 0 aromatic heterocycles. The van der Waals surface area contributed by atoms with E-state index in [1.807, 2.05) is 0 Å². The fourth-order valence-corrected chi connectivity index (χ4v) is 3.70. The highest BCUT2D eigenvalue weighted by atomic mass is 15.1. The van der Waals surface area contributed by atoms with Crippen molar-refractivity contribution in [3.05, 3.63) is 0 Å². The summed E-state index contributed by atoms with van der Waals surface area (Å²) < 4.78 is 0. The van der Waals surface area contributed by atoms with E-state index in [2.05, 4.69) is 31.0 Å². The molecular weight excluding hydrogens is 232 g/mol. The van der Waals surface area contributed by atoms with Crippen molar-refractivity contribution in [3.8, 4) is 0 Å². The molecule has 1 heterocycles. The summed E-state index contributed by atoms with van der Waals surface area (Å²) in [7, 11) is 0. The molecular formula is C17H34N2. The smallest absolute Gasteiger partial charge is 0.0107 e. The van der Waals surface area contributed by atoms with E-state index < -0.39 is 0 Å². The molecule has 2 aliphatic rings. The summed E-state index contributed by atoms with van der Waals surface area (Å²) in [6.45, 7) is 13.3. The van der Waals surface area contributed by atoms with Crippen molar-refractivity contribution < 1.29 is 0 Å². The fraction of sp³-hybridized carbons (Fsp3) is 1.00. The zero-order valence-electron chi connectivity index (χ0n) is 13.4. The Hall–Kier alpha value is -0.0800. The minimum atomic E-state index is 0.466. The van der Waals surface area contributed by atoms with Crippen LogP contribution >= 0.6 is 0 Å². The number of piperidine rings is 1. The minimum absolute atomic E-state index is 0.466. The lowest BCUT2D eigenvalue weighted by atomic mass is 9.75. The van der Waals surface area contributed by atoms with Crippen molar-refractivity contribution in [1.29, 1.82) is 0 Å². The van der Waals surface area contributed by atoms with Gasteiger partial charge in [-0.3, -0.25) is 0 Å². The fourth-order valence-electron chi connectivity index (χ4n) is 3.70. The summed E-state index contributed by atoms with van der Waals surface area (Å²) in [6.07, 6.45) is 8.74. The first kappa shape index (κ1) is 15.3. The van der Waals surface area contributed by atoms with E-state index in [0.29, 0.717) is 5.41 Å². The number of hydrogen-bond acceptors (Lipinski definition) is 2. The van der Waals surface area contributed by atoms with Crippen molar-refractivity contribution in [1.82, 2.24) is 10.2 Å². The van der Waals surface area contributed by atoms with Gasteiger partial charge in [0.15, 0.2) is 0 Å². The van der Waals surface area contributed by atoms with Gasteiger partial charge < -0.3 is 10.2 Å². The minimum Gasteiger partial charge on any atom is -0.315 e. The van der Waals surface area contributed by atoms with E-state index in [4.69, 9.17) is 0 Å². The Labute approximate surface area is 120 Å². The molecule has 2 unspecified atom stereocenters. The summed E-state index contributed by atoms with van der Waals surface area (Å²) in [4.78, 5) is 2.70. The predicted octanol–water partition coefficient (Wildman–Crippen LogP) is 3.52. The number of nitrogens with one attached hydrogen (secondary N) is 1. The van der Waals surface area contributed by atoms with E-state index in [-0.39, 0.29) is 0 Å². The molecule has 2 nitrogen and oxygen atoms in total. The van der Waals surface area contributed by atoms with Crippen LogP contribution in [0.3, 0.4) is 0 Å². The molecule has 2 fully saturated rings. The molecule has 0 aromatic rings. The van der Waals surface area contributed by atoms with Gasteiger partial charge in [-0.2, -0.15) is 0 Å². The molecule has 1 saturated carbocycles. The van der Waals surface area contributed by atoms with Gasteiger partial charge in [0.05, 0.1) is 0 Å². The van der Waals surface area contributed by atoms with Crippen molar-refractivity contribution in [3.63, 3.8) is 0 Å². The Morgan fingerprint density at radius 3 is 2.47 bits per heavy atom. The highest BCUT2D eigenvalue weighted by molar-refractivity contribution is 4.83. The third kappa shape index (κ3) is 5.43. The summed E-state index contributed by atoms with van der Waals surface area (Å²) in [5.74, 6) is 2.09. The highest BCUT2D eigenvalue weighted by Gasteiger charge is 2.30. The Bertz CT molecular complexity index is 256. The van der Waals surface area contributed by atoms with E-state index in [0.717, 1.165) is 11.8 Å². The van der Waals surface area contributed by atoms with Crippen molar-refractivity contribution in [2.75, 3.05) is 32.7 Å². The number of rotatable bonds is 5. The van der Waals surface area contributed by atoms with E-state index in [1.165, 1.54) is 71.2 Å². The average Bonchev–Trinajstić information content (AvgIpc) is 2.37. The number of nitrogens with zero attached hydrogens (tertiary/aromatic N) is 1. The Morgan fingerprint density at radius 1 is 1.00 bits per heavy atom. The van der Waals surface area contributed by atoms with Crippen LogP contribution in [0.4, 0.5) is 0 Å². The second-order valence-corrected chi connectivity index (χ2v) is 7.95. The van der Waals surface area contributed by atoms with Crippen LogP contribution in [-0.4, -0.2) is 37.6 Å². The summed E-state index contributed by atoms with van der Waals surface area (Å²) in [5.41, 5.74) is 0.466. The quantitative estimate of drug-likeness (QED) is 0.766. The molecule has 19 heavy (non-hydrogen) atoms. The predicted molar refractivity (Wildman–Crippen MR) is 83.4 cm³/mol. The third-order valence-corrected chi connectivity index (χ3v) is 5.03. The molecule has 2 atom stereocenters. The first-order chi connectivity index (χ1) is 9.04. The van der Waals surface area contributed by atoms with E-state index in [1.54, 1.807) is 0 Å². The molecule has 1 aliphatic heterocycles. The van der Waals surface area contributed by atoms with E-state index >= 15 is 0 Å². The second kappa shape index (κ2) is 7.08. The molecule has 0 spiro atoms. The van der Waals surface area contributed by atoms with Crippen LogP contribution in [0.2, 0.25) is 0 Å². The lowest BCUT2D eigenvalue weighted by Crippen LogP contribution is -2.44. The molecule has 0 radical (unpaired) electrons. The zero-order valence-corrected chi connectivity index (χ0v) is 13.4. The van der Waals surface area contributed by atoms with Gasteiger partial charge in [-0.1, -0.05) is 40.0 Å². The second-order valence-electron chi connectivity index (χ2n) is 7.95. The van der Waals surface area contributed by atoms with Gasteiger partial charge in [-0.05, 0) is 49.6 Å². The first-order valence-electron chi connectivity index (χ1n) is 8.48. The first-order valence-corrected chi connectivity index (χ1v) is 8.48. The lowest BCUT2D eigenvalue weighted by molar-refractivity contribution is 0.0874. The molecule has 0 amide bonds. The SMILES string of the molecule is CC(C)(C)CCNCCN1CCC2CCCCC2C1. The highest BCUT2D eigenvalue weighted by Crippen LogP contribution is 2.35. The number of likely N-dealkylation sites (tertiary alicyclic amines) is 1. The van der Waals surface area contributed by atoms with Crippen LogP contribution in [-0.2, 0) is 0 Å². The van der Waals surface area contributed by atoms with Crippen molar-refractivity contribution in [2.45, 2.75) is 59.3 Å². The number of fused-ring (bicyclic) bond motifs is 1. The molecule has 1 aliphatic carbocycles. The summed E-state index contributed by atoms with van der Waals surface area (Å²) in [6, 6.07) is 0. The van der Waals surface area contributed by atoms with Gasteiger partial charge in [-0.25, -0.2) is 0 Å². The lowest BCUT2D eigenvalue weighted by Gasteiger charge is -2.41. The molecule has 2 heteroatoms. The van der Waals surface area contributed by atoms with Gasteiger partial charge in [-0.15, -0.1) is 0 Å². The molecule has 0 bridgehead atoms. The van der Waals surface area contributed by atoms with Crippen molar-refractivity contribution in [2.24, 2.45) is 17.3 Å².